The van der Waals surface area contributed by atoms with Gasteiger partial charge in [-0.3, -0.25) is 0 Å². The molecule has 4 nitrogen and oxygen atoms in total. The average Bonchev–Trinajstić information content (AvgIpc) is 3.76. The zero-order valence-electron chi connectivity index (χ0n) is 27.2. The average molecular weight is 641 g/mol. The van der Waals surface area contributed by atoms with Crippen molar-refractivity contribution in [3.8, 4) is 44.8 Å². The number of para-hydroxylation sites is 2. The Morgan fingerprint density at radius 2 is 0.620 bits per heavy atom. The van der Waals surface area contributed by atoms with Gasteiger partial charge in [0.1, 0.15) is 0 Å². The lowest BCUT2D eigenvalue weighted by molar-refractivity contribution is 1.40. The predicted octanol–water partition coefficient (Wildman–Crippen LogP) is 12.1. The van der Waals surface area contributed by atoms with Gasteiger partial charge in [-0.2, -0.15) is 0 Å². The second-order valence-electron chi connectivity index (χ2n) is 12.4. The lowest BCUT2D eigenvalue weighted by Gasteiger charge is -2.10. The van der Waals surface area contributed by atoms with E-state index in [0.29, 0.717) is 0 Å². The molecule has 10 rings (SSSR count). The topological polar surface area (TPSA) is 57.4 Å². The molecule has 0 fully saturated rings. The molecule has 0 radical (unpaired) electrons. The van der Waals surface area contributed by atoms with E-state index in [1.54, 1.807) is 0 Å². The Kier molecular flexibility index (Phi) is 7.45. The number of aromatic amines is 2. The summed E-state index contributed by atoms with van der Waals surface area (Å²) in [5.41, 5.74) is 15.4. The van der Waals surface area contributed by atoms with Crippen molar-refractivity contribution in [3.63, 3.8) is 0 Å². The zero-order chi connectivity index (χ0) is 33.3. The standard InChI is InChI=1S/2C23H16N2/c2*1-3-9-16(10-4-1)19-15-21-23(18-13-7-8-14-20(18)24-21)25-22(19)17-11-5-2-6-12-17/h2*1-15,24H. The molecule has 50 heavy (non-hydrogen) atoms. The summed E-state index contributed by atoms with van der Waals surface area (Å²) in [5.74, 6) is 0. The molecule has 4 heteroatoms. The van der Waals surface area contributed by atoms with Crippen LogP contribution in [0.4, 0.5) is 0 Å². The molecule has 6 aromatic carbocycles. The summed E-state index contributed by atoms with van der Waals surface area (Å²) in [6.45, 7) is 0. The van der Waals surface area contributed by atoms with Crippen molar-refractivity contribution in [1.82, 2.24) is 19.9 Å². The number of nitrogens with zero attached hydrogens (tertiary/aromatic N) is 2. The maximum absolute atomic E-state index is 5.08. The largest absolute Gasteiger partial charge is 0.353 e. The van der Waals surface area contributed by atoms with Gasteiger partial charge in [-0.05, 0) is 35.4 Å². The van der Waals surface area contributed by atoms with Crippen LogP contribution in [0.3, 0.4) is 0 Å². The van der Waals surface area contributed by atoms with E-state index in [1.807, 2.05) is 36.4 Å². The van der Waals surface area contributed by atoms with Crippen LogP contribution in [-0.2, 0) is 0 Å². The van der Waals surface area contributed by atoms with Crippen LogP contribution in [-0.4, -0.2) is 19.9 Å². The van der Waals surface area contributed by atoms with E-state index in [-0.39, 0.29) is 0 Å². The third-order valence-corrected chi connectivity index (χ3v) is 9.21. The molecule has 0 bridgehead atoms. The number of fused-ring (bicyclic) bond motifs is 6. The Bertz CT molecular complexity index is 2540. The molecule has 4 heterocycles. The van der Waals surface area contributed by atoms with E-state index in [4.69, 9.17) is 9.97 Å². The molecule has 0 saturated carbocycles. The fourth-order valence-corrected chi connectivity index (χ4v) is 6.82. The first kappa shape index (κ1) is 29.4. The highest BCUT2D eigenvalue weighted by molar-refractivity contribution is 6.08. The number of pyridine rings is 2. The number of hydrogen-bond acceptors (Lipinski definition) is 2. The predicted molar refractivity (Wildman–Crippen MR) is 209 cm³/mol. The van der Waals surface area contributed by atoms with Crippen molar-refractivity contribution in [1.29, 1.82) is 0 Å². The monoisotopic (exact) mass is 640 g/mol. The van der Waals surface area contributed by atoms with Gasteiger partial charge in [0.05, 0.1) is 33.5 Å². The molecule has 0 aliphatic rings. The summed E-state index contributed by atoms with van der Waals surface area (Å²) >= 11 is 0. The first-order valence-electron chi connectivity index (χ1n) is 16.8. The van der Waals surface area contributed by atoms with Crippen LogP contribution in [0.5, 0.6) is 0 Å². The van der Waals surface area contributed by atoms with Crippen molar-refractivity contribution in [2.24, 2.45) is 0 Å². The molecular formula is C46H32N4. The van der Waals surface area contributed by atoms with E-state index in [9.17, 15) is 0 Å². The first-order valence-corrected chi connectivity index (χ1v) is 16.8. The third kappa shape index (κ3) is 5.39. The zero-order valence-corrected chi connectivity index (χ0v) is 27.2. The third-order valence-electron chi connectivity index (χ3n) is 9.21. The smallest absolute Gasteiger partial charge is 0.0965 e. The molecule has 0 atom stereocenters. The molecule has 236 valence electrons. The number of H-pyrrole nitrogens is 2. The minimum absolute atomic E-state index is 1.02. The number of hydrogen-bond donors (Lipinski definition) is 2. The molecule has 4 aromatic heterocycles. The molecule has 10 aromatic rings. The molecule has 0 amide bonds. The van der Waals surface area contributed by atoms with E-state index in [1.165, 1.54) is 11.1 Å². The van der Waals surface area contributed by atoms with Crippen LogP contribution in [0, 0.1) is 0 Å². The van der Waals surface area contributed by atoms with Crippen LogP contribution in [0.15, 0.2) is 182 Å². The molecule has 0 saturated heterocycles. The molecule has 0 aliphatic carbocycles. The van der Waals surface area contributed by atoms with Crippen molar-refractivity contribution >= 4 is 43.9 Å². The van der Waals surface area contributed by atoms with Crippen molar-refractivity contribution in [2.75, 3.05) is 0 Å². The molecule has 0 unspecified atom stereocenters. The van der Waals surface area contributed by atoms with Crippen LogP contribution in [0.1, 0.15) is 0 Å². The Hall–Kier alpha value is -6.78. The van der Waals surface area contributed by atoms with Gasteiger partial charge in [0.15, 0.2) is 0 Å². The molecule has 0 aliphatic heterocycles. The summed E-state index contributed by atoms with van der Waals surface area (Å²) in [6, 6.07) is 62.8. The first-order chi connectivity index (χ1) is 24.8. The van der Waals surface area contributed by atoms with Gasteiger partial charge in [-0.1, -0.05) is 158 Å². The number of benzene rings is 6. The van der Waals surface area contributed by atoms with Gasteiger partial charge in [0, 0.05) is 44.1 Å². The quantitative estimate of drug-likeness (QED) is 0.201. The summed E-state index contributed by atoms with van der Waals surface area (Å²) < 4.78 is 0. The normalized spacial score (nSPS) is 11.2. The molecule has 0 spiro atoms. The van der Waals surface area contributed by atoms with Crippen LogP contribution < -0.4 is 0 Å². The van der Waals surface area contributed by atoms with E-state index in [0.717, 1.165) is 77.5 Å². The van der Waals surface area contributed by atoms with Crippen LogP contribution in [0.2, 0.25) is 0 Å². The maximum atomic E-state index is 5.08. The minimum atomic E-state index is 1.02. The van der Waals surface area contributed by atoms with Gasteiger partial charge in [0.2, 0.25) is 0 Å². The number of aromatic nitrogens is 4. The van der Waals surface area contributed by atoms with E-state index in [2.05, 4.69) is 156 Å². The highest BCUT2D eigenvalue weighted by Crippen LogP contribution is 2.37. The summed E-state index contributed by atoms with van der Waals surface area (Å²) in [6.07, 6.45) is 0. The van der Waals surface area contributed by atoms with Crippen LogP contribution in [0.25, 0.3) is 88.6 Å². The number of rotatable bonds is 4. The Labute approximate surface area is 289 Å². The van der Waals surface area contributed by atoms with Crippen molar-refractivity contribution in [3.05, 3.63) is 182 Å². The van der Waals surface area contributed by atoms with Crippen LogP contribution >= 0.6 is 0 Å². The second kappa shape index (κ2) is 12.7. The van der Waals surface area contributed by atoms with E-state index >= 15 is 0 Å². The van der Waals surface area contributed by atoms with Crippen molar-refractivity contribution in [2.45, 2.75) is 0 Å². The summed E-state index contributed by atoms with van der Waals surface area (Å²) in [5, 5.41) is 2.32. The molecular weight excluding hydrogens is 609 g/mol. The highest BCUT2D eigenvalue weighted by atomic mass is 14.8. The van der Waals surface area contributed by atoms with Crippen molar-refractivity contribution < 1.29 is 0 Å². The fraction of sp³-hybridized carbons (Fsp3) is 0. The molecule has 2 N–H and O–H groups in total. The lowest BCUT2D eigenvalue weighted by atomic mass is 9.98. The lowest BCUT2D eigenvalue weighted by Crippen LogP contribution is -1.90. The highest BCUT2D eigenvalue weighted by Gasteiger charge is 2.15. The minimum Gasteiger partial charge on any atom is -0.353 e. The summed E-state index contributed by atoms with van der Waals surface area (Å²) in [7, 11) is 0. The van der Waals surface area contributed by atoms with E-state index < -0.39 is 0 Å². The number of nitrogens with one attached hydrogen (secondary N) is 2. The Balaban J connectivity index is 0.000000135. The van der Waals surface area contributed by atoms with Gasteiger partial charge in [-0.15, -0.1) is 0 Å². The van der Waals surface area contributed by atoms with Gasteiger partial charge in [0.25, 0.3) is 0 Å². The van der Waals surface area contributed by atoms with Gasteiger partial charge in [-0.25, -0.2) is 9.97 Å². The van der Waals surface area contributed by atoms with Gasteiger partial charge < -0.3 is 9.97 Å². The SMILES string of the molecule is c1ccc(-c2cc3[nH]c4ccccc4c3nc2-c2ccccc2)cc1.c1ccc(-c2cc3[nH]c4ccccc4c3nc2-c2ccccc2)cc1. The van der Waals surface area contributed by atoms with Gasteiger partial charge >= 0.3 is 0 Å². The second-order valence-corrected chi connectivity index (χ2v) is 12.4. The maximum Gasteiger partial charge on any atom is 0.0965 e. The Morgan fingerprint density at radius 3 is 1.00 bits per heavy atom. The summed E-state index contributed by atoms with van der Waals surface area (Å²) in [4.78, 5) is 17.2. The fourth-order valence-electron chi connectivity index (χ4n) is 6.82. The Morgan fingerprint density at radius 1 is 0.300 bits per heavy atom.